The van der Waals surface area contributed by atoms with E-state index in [1.807, 2.05) is 12.1 Å². The third-order valence-corrected chi connectivity index (χ3v) is 3.77. The molecule has 6 nitrogen and oxygen atoms in total. The fraction of sp³-hybridized carbons (Fsp3) is 0.211. The molecule has 0 atom stereocenters. The lowest BCUT2D eigenvalue weighted by atomic mass is 10.2. The number of hydrogen-bond donors (Lipinski definition) is 2. The highest BCUT2D eigenvalue weighted by molar-refractivity contribution is 6.30. The minimum atomic E-state index is -0.400. The van der Waals surface area contributed by atoms with E-state index in [2.05, 4.69) is 15.8 Å². The second-order valence-electron chi connectivity index (χ2n) is 5.57. The van der Waals surface area contributed by atoms with E-state index in [4.69, 9.17) is 16.3 Å². The lowest BCUT2D eigenvalue weighted by molar-refractivity contribution is -0.120. The van der Waals surface area contributed by atoms with Crippen LogP contribution in [-0.4, -0.2) is 24.6 Å². The number of hydrazone groups is 1. The number of para-hydroxylation sites is 1. The molecule has 26 heavy (non-hydrogen) atoms. The van der Waals surface area contributed by atoms with Gasteiger partial charge in [0.1, 0.15) is 5.75 Å². The van der Waals surface area contributed by atoms with Gasteiger partial charge in [-0.1, -0.05) is 35.9 Å². The predicted molar refractivity (Wildman–Crippen MR) is 101 cm³/mol. The van der Waals surface area contributed by atoms with Crippen LogP contribution in [0.4, 0.5) is 0 Å². The summed E-state index contributed by atoms with van der Waals surface area (Å²) < 4.78 is 5.14. The predicted octanol–water partition coefficient (Wildman–Crippen LogP) is 3.16. The van der Waals surface area contributed by atoms with Gasteiger partial charge in [-0.05, 0) is 36.8 Å². The first kappa shape index (κ1) is 19.5. The summed E-state index contributed by atoms with van der Waals surface area (Å²) in [7, 11) is 1.49. The Labute approximate surface area is 157 Å². The van der Waals surface area contributed by atoms with Crippen molar-refractivity contribution in [2.45, 2.75) is 19.9 Å². The highest BCUT2D eigenvalue weighted by atomic mass is 35.5. The van der Waals surface area contributed by atoms with Gasteiger partial charge in [0.05, 0.1) is 19.1 Å². The summed E-state index contributed by atoms with van der Waals surface area (Å²) in [5, 5.41) is 7.40. The van der Waals surface area contributed by atoms with Crippen molar-refractivity contribution in [1.82, 2.24) is 10.7 Å². The Morgan fingerprint density at radius 3 is 2.50 bits per heavy atom. The van der Waals surface area contributed by atoms with Crippen LogP contribution in [0.1, 0.15) is 29.3 Å². The summed E-state index contributed by atoms with van der Waals surface area (Å²) in [4.78, 5) is 24.1. The number of hydrogen-bond acceptors (Lipinski definition) is 4. The molecular weight excluding hydrogens is 354 g/mol. The van der Waals surface area contributed by atoms with Gasteiger partial charge < -0.3 is 10.1 Å². The van der Waals surface area contributed by atoms with E-state index >= 15 is 0 Å². The summed E-state index contributed by atoms with van der Waals surface area (Å²) in [5.74, 6) is -0.130. The number of methoxy groups -OCH3 is 1. The Bertz CT molecular complexity index is 804. The van der Waals surface area contributed by atoms with Gasteiger partial charge >= 0.3 is 0 Å². The molecule has 0 bridgehead atoms. The molecule has 0 saturated carbocycles. The third-order valence-electron chi connectivity index (χ3n) is 3.52. The van der Waals surface area contributed by atoms with Crippen molar-refractivity contribution >= 4 is 29.1 Å². The first-order valence-corrected chi connectivity index (χ1v) is 8.35. The van der Waals surface area contributed by atoms with E-state index < -0.39 is 5.91 Å². The molecule has 0 aliphatic carbocycles. The molecule has 0 saturated heterocycles. The quantitative estimate of drug-likeness (QED) is 0.578. The fourth-order valence-electron chi connectivity index (χ4n) is 2.18. The van der Waals surface area contributed by atoms with Gasteiger partial charge in [-0.25, -0.2) is 5.43 Å². The minimum Gasteiger partial charge on any atom is -0.496 e. The van der Waals surface area contributed by atoms with Crippen LogP contribution in [-0.2, 0) is 11.3 Å². The molecule has 2 aromatic carbocycles. The molecule has 0 unspecified atom stereocenters. The zero-order valence-electron chi connectivity index (χ0n) is 14.6. The largest absolute Gasteiger partial charge is 0.496 e. The number of ether oxygens (including phenoxy) is 1. The first-order valence-electron chi connectivity index (χ1n) is 7.97. The maximum Gasteiger partial charge on any atom is 0.275 e. The molecule has 2 N–H and O–H groups in total. The van der Waals surface area contributed by atoms with Crippen molar-refractivity contribution in [3.63, 3.8) is 0 Å². The second kappa shape index (κ2) is 9.58. The average Bonchev–Trinajstić information content (AvgIpc) is 2.65. The number of carbonyl (C=O) groups excluding carboxylic acids is 2. The standard InChI is InChI=1S/C19H20ClN3O3/c1-13(11-18(24)21-12-14-7-9-15(20)10-8-14)22-23-19(25)16-5-3-4-6-17(16)26-2/h3-10H,11-12H2,1-2H3,(H,21,24)(H,23,25)/b22-13+. The van der Waals surface area contributed by atoms with Gasteiger partial charge in [0.15, 0.2) is 0 Å². The highest BCUT2D eigenvalue weighted by Crippen LogP contribution is 2.16. The van der Waals surface area contributed by atoms with E-state index in [0.717, 1.165) is 5.56 Å². The van der Waals surface area contributed by atoms with Crippen LogP contribution in [0.25, 0.3) is 0 Å². The molecule has 7 heteroatoms. The van der Waals surface area contributed by atoms with Crippen LogP contribution >= 0.6 is 11.6 Å². The van der Waals surface area contributed by atoms with E-state index in [1.54, 1.807) is 43.3 Å². The normalized spacial score (nSPS) is 11.0. The van der Waals surface area contributed by atoms with Gasteiger partial charge in [-0.3, -0.25) is 9.59 Å². The number of rotatable bonds is 7. The smallest absolute Gasteiger partial charge is 0.275 e. The zero-order valence-corrected chi connectivity index (χ0v) is 15.3. The number of nitrogens with zero attached hydrogens (tertiary/aromatic N) is 1. The molecule has 0 radical (unpaired) electrons. The third kappa shape index (κ3) is 5.89. The maximum absolute atomic E-state index is 12.1. The zero-order chi connectivity index (χ0) is 18.9. The van der Waals surface area contributed by atoms with E-state index in [1.165, 1.54) is 7.11 Å². The van der Waals surface area contributed by atoms with E-state index in [-0.39, 0.29) is 12.3 Å². The number of nitrogens with one attached hydrogen (secondary N) is 2. The van der Waals surface area contributed by atoms with Crippen LogP contribution in [0.5, 0.6) is 5.75 Å². The van der Waals surface area contributed by atoms with Gasteiger partial charge in [-0.15, -0.1) is 0 Å². The Hall–Kier alpha value is -2.86. The van der Waals surface area contributed by atoms with Crippen molar-refractivity contribution in [1.29, 1.82) is 0 Å². The molecule has 0 aliphatic heterocycles. The molecule has 0 fully saturated rings. The molecule has 0 heterocycles. The fourth-order valence-corrected chi connectivity index (χ4v) is 2.30. The highest BCUT2D eigenvalue weighted by Gasteiger charge is 2.11. The molecule has 136 valence electrons. The molecule has 2 aromatic rings. The Kier molecular flexibility index (Phi) is 7.17. The Morgan fingerprint density at radius 1 is 1.12 bits per heavy atom. The van der Waals surface area contributed by atoms with Gasteiger partial charge in [-0.2, -0.15) is 5.10 Å². The van der Waals surface area contributed by atoms with Gasteiger partial charge in [0.25, 0.3) is 5.91 Å². The number of benzene rings is 2. The summed E-state index contributed by atoms with van der Waals surface area (Å²) in [5.41, 5.74) is 4.24. The van der Waals surface area contributed by atoms with Crippen molar-refractivity contribution in [3.8, 4) is 5.75 Å². The summed E-state index contributed by atoms with van der Waals surface area (Å²) in [6.45, 7) is 2.07. The Balaban J connectivity index is 1.84. The lowest BCUT2D eigenvalue weighted by Gasteiger charge is -2.08. The van der Waals surface area contributed by atoms with Crippen LogP contribution in [0.3, 0.4) is 0 Å². The van der Waals surface area contributed by atoms with Crippen molar-refractivity contribution in [3.05, 3.63) is 64.7 Å². The van der Waals surface area contributed by atoms with Crippen molar-refractivity contribution in [2.24, 2.45) is 5.10 Å². The number of amides is 2. The van der Waals surface area contributed by atoms with Gasteiger partial charge in [0, 0.05) is 17.3 Å². The molecular formula is C19H20ClN3O3. The van der Waals surface area contributed by atoms with Crippen molar-refractivity contribution in [2.75, 3.05) is 7.11 Å². The Morgan fingerprint density at radius 2 is 1.81 bits per heavy atom. The minimum absolute atomic E-state index is 0.0831. The topological polar surface area (TPSA) is 79.8 Å². The average molecular weight is 374 g/mol. The molecule has 0 spiro atoms. The van der Waals surface area contributed by atoms with E-state index in [0.29, 0.717) is 28.6 Å². The first-order chi connectivity index (χ1) is 12.5. The van der Waals surface area contributed by atoms with Crippen LogP contribution < -0.4 is 15.5 Å². The molecule has 2 amide bonds. The summed E-state index contributed by atoms with van der Waals surface area (Å²) in [6.07, 6.45) is 0.0831. The molecule has 0 aromatic heterocycles. The number of halogens is 1. The molecule has 0 aliphatic rings. The van der Waals surface area contributed by atoms with E-state index in [9.17, 15) is 9.59 Å². The summed E-state index contributed by atoms with van der Waals surface area (Å²) in [6, 6.07) is 14.1. The van der Waals surface area contributed by atoms with Crippen molar-refractivity contribution < 1.29 is 14.3 Å². The van der Waals surface area contributed by atoms with Crippen LogP contribution in [0.2, 0.25) is 5.02 Å². The summed E-state index contributed by atoms with van der Waals surface area (Å²) >= 11 is 5.82. The maximum atomic E-state index is 12.1. The SMILES string of the molecule is COc1ccccc1C(=O)N/N=C(\C)CC(=O)NCc1ccc(Cl)cc1. The number of carbonyl (C=O) groups is 2. The lowest BCUT2D eigenvalue weighted by Crippen LogP contribution is -2.26. The molecule has 2 rings (SSSR count). The van der Waals surface area contributed by atoms with Crippen LogP contribution in [0.15, 0.2) is 53.6 Å². The second-order valence-corrected chi connectivity index (χ2v) is 6.00. The monoisotopic (exact) mass is 373 g/mol. The van der Waals surface area contributed by atoms with Gasteiger partial charge in [0.2, 0.25) is 5.91 Å². The van der Waals surface area contributed by atoms with Crippen LogP contribution in [0, 0.1) is 0 Å².